The van der Waals surface area contributed by atoms with Crippen LogP contribution in [-0.4, -0.2) is 29.3 Å². The summed E-state index contributed by atoms with van der Waals surface area (Å²) in [5.74, 6) is 0. The molecule has 0 amide bonds. The molecule has 0 N–H and O–H groups in total. The molecule has 0 radical (unpaired) electrons. The number of rotatable bonds is 3. The Kier molecular flexibility index (Phi) is 8.04. The summed E-state index contributed by atoms with van der Waals surface area (Å²) in [6.07, 6.45) is 3.64. The highest BCUT2D eigenvalue weighted by atomic mass is 35.5. The van der Waals surface area contributed by atoms with E-state index in [0.717, 1.165) is 10.7 Å². The van der Waals surface area contributed by atoms with Crippen LogP contribution in [0.1, 0.15) is 12.5 Å². The molecule has 1 aromatic rings. The number of thioether (sulfide) groups is 1. The van der Waals surface area contributed by atoms with Crippen LogP contribution in [0, 0.1) is 6.92 Å². The summed E-state index contributed by atoms with van der Waals surface area (Å²) in [5, 5.41) is 1.26. The van der Waals surface area contributed by atoms with E-state index in [2.05, 4.69) is 14.7 Å². The maximum absolute atomic E-state index is 9.18. The molecule has 0 fully saturated rings. The van der Waals surface area contributed by atoms with Gasteiger partial charge in [0.1, 0.15) is 5.15 Å². The highest BCUT2D eigenvalue weighted by Crippen LogP contribution is 2.14. The summed E-state index contributed by atoms with van der Waals surface area (Å²) in [5.41, 5.74) is 0.916. The van der Waals surface area contributed by atoms with Crippen LogP contribution in [0.2, 0.25) is 5.15 Å². The minimum atomic E-state index is 0.431. The van der Waals surface area contributed by atoms with E-state index in [0.29, 0.717) is 18.2 Å². The minimum absolute atomic E-state index is 0.431. The molecular formula is C9H13ClN2O2S. The predicted molar refractivity (Wildman–Crippen MR) is 61.3 cm³/mol. The van der Waals surface area contributed by atoms with Crippen molar-refractivity contribution in [3.8, 4) is 0 Å². The average Bonchev–Trinajstić information content (AvgIpc) is 2.24. The van der Waals surface area contributed by atoms with Gasteiger partial charge in [0.15, 0.2) is 5.16 Å². The third-order valence-electron chi connectivity index (χ3n) is 1.31. The van der Waals surface area contributed by atoms with Crippen molar-refractivity contribution in [2.75, 3.05) is 12.9 Å². The Hall–Kier alpha value is -0.810. The van der Waals surface area contributed by atoms with Crippen molar-refractivity contribution in [1.82, 2.24) is 9.97 Å². The van der Waals surface area contributed by atoms with Gasteiger partial charge in [-0.3, -0.25) is 4.79 Å². The summed E-state index contributed by atoms with van der Waals surface area (Å²) in [7, 11) is 0. The molecule has 15 heavy (non-hydrogen) atoms. The molecule has 1 rings (SSSR count). The van der Waals surface area contributed by atoms with Crippen molar-refractivity contribution in [1.29, 1.82) is 0 Å². The second-order valence-electron chi connectivity index (χ2n) is 2.38. The number of carbonyl (C=O) groups is 1. The van der Waals surface area contributed by atoms with Gasteiger partial charge in [-0.25, -0.2) is 9.97 Å². The zero-order chi connectivity index (χ0) is 11.7. The fourth-order valence-corrected chi connectivity index (χ4v) is 1.09. The van der Waals surface area contributed by atoms with E-state index in [-0.39, 0.29) is 0 Å². The van der Waals surface area contributed by atoms with E-state index in [1.165, 1.54) is 11.8 Å². The first-order valence-corrected chi connectivity index (χ1v) is 5.84. The summed E-state index contributed by atoms with van der Waals surface area (Å²) in [6.45, 7) is 4.55. The highest BCUT2D eigenvalue weighted by molar-refractivity contribution is 7.98. The second-order valence-corrected chi connectivity index (χ2v) is 3.51. The lowest BCUT2D eigenvalue weighted by Crippen LogP contribution is -1.87. The maximum atomic E-state index is 9.18. The van der Waals surface area contributed by atoms with Crippen LogP contribution in [0.4, 0.5) is 0 Å². The Balaban J connectivity index is 0.000000336. The molecule has 6 heteroatoms. The Labute approximate surface area is 98.4 Å². The summed E-state index contributed by atoms with van der Waals surface area (Å²) < 4.78 is 4.15. The average molecular weight is 249 g/mol. The Morgan fingerprint density at radius 2 is 2.33 bits per heavy atom. The van der Waals surface area contributed by atoms with E-state index < -0.39 is 0 Å². The van der Waals surface area contributed by atoms with Crippen molar-refractivity contribution in [2.24, 2.45) is 0 Å². The third kappa shape index (κ3) is 6.30. The number of aromatic nitrogens is 2. The lowest BCUT2D eigenvalue weighted by molar-refractivity contribution is -0.128. The molecule has 1 aromatic heterocycles. The largest absolute Gasteiger partial charge is 0.468 e. The first-order chi connectivity index (χ1) is 7.15. The van der Waals surface area contributed by atoms with Crippen LogP contribution in [0.25, 0.3) is 0 Å². The van der Waals surface area contributed by atoms with E-state index in [1.807, 2.05) is 13.2 Å². The summed E-state index contributed by atoms with van der Waals surface area (Å²) in [6, 6.07) is 0. The molecular weight excluding hydrogens is 236 g/mol. The molecule has 0 aromatic carbocycles. The molecule has 0 bridgehead atoms. The number of halogens is 1. The van der Waals surface area contributed by atoms with E-state index in [4.69, 9.17) is 11.6 Å². The van der Waals surface area contributed by atoms with Gasteiger partial charge in [0, 0.05) is 11.8 Å². The monoisotopic (exact) mass is 248 g/mol. The standard InChI is InChI=1S/C6H7ClN2S.C3H6O2/c1-4-3-8-6(10-2)9-5(4)7;1-2-5-3-4/h3H,1-2H3;3H,2H2,1H3. The molecule has 84 valence electrons. The summed E-state index contributed by atoms with van der Waals surface area (Å²) >= 11 is 7.21. The van der Waals surface area contributed by atoms with Gasteiger partial charge >= 0.3 is 0 Å². The number of hydrogen-bond donors (Lipinski definition) is 0. The molecule has 0 unspecified atom stereocenters. The number of carbonyl (C=O) groups excluding carboxylic acids is 1. The van der Waals surface area contributed by atoms with Crippen molar-refractivity contribution in [2.45, 2.75) is 19.0 Å². The second kappa shape index (κ2) is 8.49. The van der Waals surface area contributed by atoms with E-state index in [1.54, 1.807) is 13.1 Å². The van der Waals surface area contributed by atoms with Crippen LogP contribution >= 0.6 is 23.4 Å². The maximum Gasteiger partial charge on any atom is 0.293 e. The smallest absolute Gasteiger partial charge is 0.293 e. The van der Waals surface area contributed by atoms with Gasteiger partial charge in [-0.05, 0) is 20.1 Å². The van der Waals surface area contributed by atoms with Crippen LogP contribution < -0.4 is 0 Å². The molecule has 1 heterocycles. The first kappa shape index (κ1) is 14.2. The van der Waals surface area contributed by atoms with Gasteiger partial charge in [0.2, 0.25) is 0 Å². The van der Waals surface area contributed by atoms with Gasteiger partial charge in [0.25, 0.3) is 6.47 Å². The zero-order valence-corrected chi connectivity index (χ0v) is 10.4. The molecule has 0 saturated carbocycles. The molecule has 0 atom stereocenters. The predicted octanol–water partition coefficient (Wildman–Crippen LogP) is 2.34. The Morgan fingerprint density at radius 3 is 2.67 bits per heavy atom. The normalized spacial score (nSPS) is 8.80. The van der Waals surface area contributed by atoms with Crippen LogP contribution in [-0.2, 0) is 9.53 Å². The lowest BCUT2D eigenvalue weighted by Gasteiger charge is -1.96. The van der Waals surface area contributed by atoms with E-state index in [9.17, 15) is 4.79 Å². The molecule has 0 spiro atoms. The third-order valence-corrected chi connectivity index (χ3v) is 2.25. The van der Waals surface area contributed by atoms with E-state index >= 15 is 0 Å². The topological polar surface area (TPSA) is 52.1 Å². The van der Waals surface area contributed by atoms with Crippen molar-refractivity contribution in [3.05, 3.63) is 16.9 Å². The SMILES string of the molecule is CCOC=O.CSc1ncc(C)c(Cl)n1. The fourth-order valence-electron chi connectivity index (χ4n) is 0.573. The van der Waals surface area contributed by atoms with Gasteiger partial charge in [-0.1, -0.05) is 23.4 Å². The first-order valence-electron chi connectivity index (χ1n) is 4.24. The van der Waals surface area contributed by atoms with Crippen molar-refractivity contribution >= 4 is 29.8 Å². The zero-order valence-electron chi connectivity index (χ0n) is 8.86. The number of hydrogen-bond acceptors (Lipinski definition) is 5. The molecule has 4 nitrogen and oxygen atoms in total. The molecule has 0 aliphatic heterocycles. The number of aryl methyl sites for hydroxylation is 1. The summed E-state index contributed by atoms with van der Waals surface area (Å²) in [4.78, 5) is 17.2. The van der Waals surface area contributed by atoms with Gasteiger partial charge in [-0.2, -0.15) is 0 Å². The molecule has 0 aliphatic rings. The minimum Gasteiger partial charge on any atom is -0.468 e. The van der Waals surface area contributed by atoms with Gasteiger partial charge < -0.3 is 4.74 Å². The highest BCUT2D eigenvalue weighted by Gasteiger charge is 1.97. The van der Waals surface area contributed by atoms with Crippen LogP contribution in [0.5, 0.6) is 0 Å². The van der Waals surface area contributed by atoms with Crippen LogP contribution in [0.15, 0.2) is 11.4 Å². The van der Waals surface area contributed by atoms with Gasteiger partial charge in [-0.15, -0.1) is 0 Å². The van der Waals surface area contributed by atoms with Crippen LogP contribution in [0.3, 0.4) is 0 Å². The Morgan fingerprint density at radius 1 is 1.67 bits per heavy atom. The lowest BCUT2D eigenvalue weighted by atomic mass is 10.4. The molecule has 0 saturated heterocycles. The molecule has 0 aliphatic carbocycles. The van der Waals surface area contributed by atoms with Gasteiger partial charge in [0.05, 0.1) is 6.61 Å². The number of ether oxygens (including phenoxy) is 1. The quantitative estimate of drug-likeness (QED) is 0.356. The van der Waals surface area contributed by atoms with Crippen molar-refractivity contribution < 1.29 is 9.53 Å². The Bertz CT molecular complexity index is 310. The van der Waals surface area contributed by atoms with Crippen molar-refractivity contribution in [3.63, 3.8) is 0 Å². The fraction of sp³-hybridized carbons (Fsp3) is 0.444. The number of nitrogens with zero attached hydrogens (tertiary/aromatic N) is 2.